The highest BCUT2D eigenvalue weighted by Gasteiger charge is 2.14. The third-order valence-electron chi connectivity index (χ3n) is 2.92. The first-order valence-electron chi connectivity index (χ1n) is 6.43. The van der Waals surface area contributed by atoms with Crippen LogP contribution < -0.4 is 0 Å². The molecule has 106 valence electrons. The molecular formula is C14H19ClO3S. The van der Waals surface area contributed by atoms with Crippen LogP contribution in [0.2, 0.25) is 0 Å². The van der Waals surface area contributed by atoms with Crippen LogP contribution in [-0.2, 0) is 9.84 Å². The predicted molar refractivity (Wildman–Crippen MR) is 77.7 cm³/mol. The Morgan fingerprint density at radius 3 is 2.26 bits per heavy atom. The first-order chi connectivity index (χ1) is 9.01. The molecule has 0 saturated heterocycles. The topological polar surface area (TPSA) is 51.2 Å². The Morgan fingerprint density at radius 1 is 1.11 bits per heavy atom. The van der Waals surface area contributed by atoms with E-state index in [-0.39, 0.29) is 22.3 Å². The van der Waals surface area contributed by atoms with Crippen molar-refractivity contribution in [2.75, 3.05) is 11.6 Å². The minimum absolute atomic E-state index is 0.0941. The van der Waals surface area contributed by atoms with Crippen molar-refractivity contribution in [1.29, 1.82) is 0 Å². The molecule has 3 nitrogen and oxygen atoms in total. The van der Waals surface area contributed by atoms with E-state index >= 15 is 0 Å². The highest BCUT2D eigenvalue weighted by atomic mass is 35.5. The van der Waals surface area contributed by atoms with E-state index in [4.69, 9.17) is 11.6 Å². The second kappa shape index (κ2) is 7.65. The molecular weight excluding hydrogens is 284 g/mol. The molecule has 0 amide bonds. The average molecular weight is 303 g/mol. The summed E-state index contributed by atoms with van der Waals surface area (Å²) < 4.78 is 24.1. The number of carbonyl (C=O) groups excluding carboxylic acids is 1. The van der Waals surface area contributed by atoms with Gasteiger partial charge in [0.2, 0.25) is 0 Å². The van der Waals surface area contributed by atoms with Gasteiger partial charge in [0.25, 0.3) is 0 Å². The molecule has 0 saturated carbocycles. The molecule has 1 aromatic carbocycles. The summed E-state index contributed by atoms with van der Waals surface area (Å²) in [6, 6.07) is 6.00. The SMILES string of the molecule is CCCCCCS(=O)(=O)c1ccc(C(=O)CCl)cc1. The Kier molecular flexibility index (Phi) is 6.52. The van der Waals surface area contributed by atoms with E-state index in [0.717, 1.165) is 19.3 Å². The zero-order valence-electron chi connectivity index (χ0n) is 11.1. The number of carbonyl (C=O) groups is 1. The molecule has 0 aliphatic carbocycles. The first kappa shape index (κ1) is 16.2. The van der Waals surface area contributed by atoms with E-state index in [2.05, 4.69) is 6.92 Å². The van der Waals surface area contributed by atoms with Gasteiger partial charge in [0.15, 0.2) is 15.6 Å². The number of ketones is 1. The maximum Gasteiger partial charge on any atom is 0.178 e. The minimum atomic E-state index is -3.23. The van der Waals surface area contributed by atoms with Crippen LogP contribution in [0, 0.1) is 0 Å². The minimum Gasteiger partial charge on any atom is -0.293 e. The lowest BCUT2D eigenvalue weighted by molar-refractivity contribution is 0.102. The highest BCUT2D eigenvalue weighted by Crippen LogP contribution is 2.15. The van der Waals surface area contributed by atoms with Gasteiger partial charge >= 0.3 is 0 Å². The average Bonchev–Trinajstić information content (AvgIpc) is 2.43. The normalized spacial score (nSPS) is 11.5. The zero-order valence-corrected chi connectivity index (χ0v) is 12.6. The Hall–Kier alpha value is -0.870. The summed E-state index contributed by atoms with van der Waals surface area (Å²) in [5.41, 5.74) is 0.444. The summed E-state index contributed by atoms with van der Waals surface area (Å²) in [5, 5.41) is 0. The summed E-state index contributed by atoms with van der Waals surface area (Å²) >= 11 is 5.45. The lowest BCUT2D eigenvalue weighted by atomic mass is 10.1. The fourth-order valence-corrected chi connectivity index (χ4v) is 3.29. The van der Waals surface area contributed by atoms with Gasteiger partial charge in [0.1, 0.15) is 0 Å². The lowest BCUT2D eigenvalue weighted by Gasteiger charge is -2.05. The van der Waals surface area contributed by atoms with Crippen molar-refractivity contribution in [3.05, 3.63) is 29.8 Å². The molecule has 5 heteroatoms. The molecule has 1 aromatic rings. The molecule has 0 bridgehead atoms. The summed E-state index contributed by atoms with van der Waals surface area (Å²) in [4.78, 5) is 11.6. The van der Waals surface area contributed by atoms with E-state index in [0.29, 0.717) is 12.0 Å². The molecule has 19 heavy (non-hydrogen) atoms. The van der Waals surface area contributed by atoms with E-state index < -0.39 is 9.84 Å². The molecule has 0 spiro atoms. The number of unbranched alkanes of at least 4 members (excludes halogenated alkanes) is 3. The highest BCUT2D eigenvalue weighted by molar-refractivity contribution is 7.91. The van der Waals surface area contributed by atoms with Gasteiger partial charge in [0, 0.05) is 5.56 Å². The van der Waals surface area contributed by atoms with Gasteiger partial charge in [-0.1, -0.05) is 38.3 Å². The molecule has 0 aliphatic rings. The summed E-state index contributed by atoms with van der Waals surface area (Å²) in [5.74, 6) is -0.132. The fourth-order valence-electron chi connectivity index (χ4n) is 1.76. The van der Waals surface area contributed by atoms with E-state index in [9.17, 15) is 13.2 Å². The van der Waals surface area contributed by atoms with Crippen LogP contribution in [0.4, 0.5) is 0 Å². The maximum absolute atomic E-state index is 12.0. The number of hydrogen-bond acceptors (Lipinski definition) is 3. The molecule has 0 fully saturated rings. The Bertz CT molecular complexity index is 506. The number of halogens is 1. The van der Waals surface area contributed by atoms with Crippen LogP contribution >= 0.6 is 11.6 Å². The Morgan fingerprint density at radius 2 is 1.74 bits per heavy atom. The number of hydrogen-bond donors (Lipinski definition) is 0. The Balaban J connectivity index is 2.71. The van der Waals surface area contributed by atoms with Crippen LogP contribution in [-0.4, -0.2) is 25.8 Å². The number of sulfone groups is 1. The monoisotopic (exact) mass is 302 g/mol. The summed E-state index contributed by atoms with van der Waals surface area (Å²) in [7, 11) is -3.23. The van der Waals surface area contributed by atoms with Gasteiger partial charge in [-0.05, 0) is 18.6 Å². The number of Topliss-reactive ketones (excluding diaryl/α,β-unsaturated/α-hetero) is 1. The van der Waals surface area contributed by atoms with Gasteiger partial charge in [-0.15, -0.1) is 11.6 Å². The number of benzene rings is 1. The van der Waals surface area contributed by atoms with E-state index in [1.807, 2.05) is 0 Å². The van der Waals surface area contributed by atoms with Crippen LogP contribution in [0.1, 0.15) is 43.0 Å². The van der Waals surface area contributed by atoms with E-state index in [1.54, 1.807) is 0 Å². The van der Waals surface area contributed by atoms with Crippen molar-refractivity contribution in [1.82, 2.24) is 0 Å². The summed E-state index contributed by atoms with van der Waals surface area (Å²) in [6.07, 6.45) is 3.74. The smallest absolute Gasteiger partial charge is 0.178 e. The van der Waals surface area contributed by atoms with Crippen molar-refractivity contribution in [2.24, 2.45) is 0 Å². The van der Waals surface area contributed by atoms with Gasteiger partial charge in [-0.25, -0.2) is 8.42 Å². The van der Waals surface area contributed by atoms with Crippen molar-refractivity contribution >= 4 is 27.2 Å². The third kappa shape index (κ3) is 4.96. The van der Waals surface area contributed by atoms with Gasteiger partial charge in [0.05, 0.1) is 16.5 Å². The van der Waals surface area contributed by atoms with Gasteiger partial charge < -0.3 is 0 Å². The largest absolute Gasteiger partial charge is 0.293 e. The lowest BCUT2D eigenvalue weighted by Crippen LogP contribution is -2.08. The quantitative estimate of drug-likeness (QED) is 0.420. The van der Waals surface area contributed by atoms with Gasteiger partial charge in [-0.3, -0.25) is 4.79 Å². The molecule has 0 atom stereocenters. The van der Waals surface area contributed by atoms with Crippen molar-refractivity contribution < 1.29 is 13.2 Å². The number of rotatable bonds is 8. The van der Waals surface area contributed by atoms with Crippen molar-refractivity contribution in [3.63, 3.8) is 0 Å². The molecule has 0 aromatic heterocycles. The Labute approximate surface area is 119 Å². The van der Waals surface area contributed by atoms with Crippen LogP contribution in [0.5, 0.6) is 0 Å². The van der Waals surface area contributed by atoms with Crippen LogP contribution in [0.3, 0.4) is 0 Å². The molecule has 0 N–H and O–H groups in total. The van der Waals surface area contributed by atoms with Crippen LogP contribution in [0.25, 0.3) is 0 Å². The summed E-state index contributed by atoms with van der Waals surface area (Å²) in [6.45, 7) is 2.08. The molecule has 1 rings (SSSR count). The maximum atomic E-state index is 12.0. The second-order valence-electron chi connectivity index (χ2n) is 4.46. The second-order valence-corrected chi connectivity index (χ2v) is 6.84. The molecule has 0 aliphatic heterocycles. The predicted octanol–water partition coefficient (Wildman–Crippen LogP) is 3.46. The zero-order chi connectivity index (χ0) is 14.3. The van der Waals surface area contributed by atoms with E-state index in [1.165, 1.54) is 24.3 Å². The van der Waals surface area contributed by atoms with Crippen molar-refractivity contribution in [3.8, 4) is 0 Å². The van der Waals surface area contributed by atoms with Crippen molar-refractivity contribution in [2.45, 2.75) is 37.5 Å². The standard InChI is InChI=1S/C14H19ClO3S/c1-2-3-4-5-10-19(17,18)13-8-6-12(7-9-13)14(16)11-15/h6-9H,2-5,10-11H2,1H3. The fraction of sp³-hybridized carbons (Fsp3) is 0.500. The molecule has 0 radical (unpaired) electrons. The first-order valence-corrected chi connectivity index (χ1v) is 8.62. The van der Waals surface area contributed by atoms with Crippen LogP contribution in [0.15, 0.2) is 29.2 Å². The molecule has 0 heterocycles. The van der Waals surface area contributed by atoms with Gasteiger partial charge in [-0.2, -0.15) is 0 Å². The third-order valence-corrected chi connectivity index (χ3v) is 4.98. The molecule has 0 unspecified atom stereocenters. The number of alkyl halides is 1.